The van der Waals surface area contributed by atoms with Crippen molar-refractivity contribution in [2.75, 3.05) is 9.80 Å². The van der Waals surface area contributed by atoms with Crippen LogP contribution < -0.4 is 9.80 Å². The van der Waals surface area contributed by atoms with E-state index in [1.807, 2.05) is 6.92 Å². The van der Waals surface area contributed by atoms with Crippen LogP contribution in [-0.4, -0.2) is 0 Å². The Kier molecular flexibility index (Phi) is 8.86. The second kappa shape index (κ2) is 12.3. The normalized spacial score (nSPS) is 11.5. The molecule has 0 heterocycles. The maximum absolute atomic E-state index is 4.39. The molecular formula is C33H30Br2N2. The third kappa shape index (κ3) is 6.71. The van der Waals surface area contributed by atoms with Crippen LogP contribution in [0.4, 0.5) is 28.4 Å². The van der Waals surface area contributed by atoms with Gasteiger partial charge in [-0.05, 0) is 112 Å². The Bertz CT molecular complexity index is 1350. The highest BCUT2D eigenvalue weighted by Gasteiger charge is 2.15. The Morgan fingerprint density at radius 1 is 0.622 bits per heavy atom. The predicted molar refractivity (Wildman–Crippen MR) is 168 cm³/mol. The van der Waals surface area contributed by atoms with Gasteiger partial charge in [-0.15, -0.1) is 0 Å². The molecule has 186 valence electrons. The summed E-state index contributed by atoms with van der Waals surface area (Å²) in [6.45, 7) is 10.6. The fraction of sp³-hybridized carbons (Fsp3) is 0.0909. The summed E-state index contributed by atoms with van der Waals surface area (Å²) < 4.78 is 2.10. The molecule has 0 aliphatic carbocycles. The fourth-order valence-electron chi connectivity index (χ4n) is 3.95. The number of hydrogen-bond donors (Lipinski definition) is 0. The number of nitrogens with zero attached hydrogens (tertiary/aromatic N) is 2. The van der Waals surface area contributed by atoms with Gasteiger partial charge in [0.05, 0.1) is 0 Å². The molecule has 0 spiro atoms. The highest BCUT2D eigenvalue weighted by molar-refractivity contribution is 9.10. The molecule has 0 aliphatic rings. The molecule has 0 atom stereocenters. The summed E-state index contributed by atoms with van der Waals surface area (Å²) in [6.07, 6.45) is 6.24. The van der Waals surface area contributed by atoms with Gasteiger partial charge in [0.25, 0.3) is 0 Å². The molecule has 0 aromatic heterocycles. The summed E-state index contributed by atoms with van der Waals surface area (Å²) in [7, 11) is 0. The molecular weight excluding hydrogens is 584 g/mol. The number of aryl methyl sites for hydroxylation is 1. The van der Waals surface area contributed by atoms with Crippen LogP contribution in [0.2, 0.25) is 0 Å². The molecule has 0 radical (unpaired) electrons. The van der Waals surface area contributed by atoms with Gasteiger partial charge in [0.15, 0.2) is 0 Å². The molecule has 0 N–H and O–H groups in total. The van der Waals surface area contributed by atoms with Gasteiger partial charge in [0.1, 0.15) is 0 Å². The van der Waals surface area contributed by atoms with Crippen molar-refractivity contribution in [1.82, 2.24) is 0 Å². The Morgan fingerprint density at radius 2 is 1.00 bits per heavy atom. The highest BCUT2D eigenvalue weighted by atomic mass is 79.9. The second-order valence-corrected chi connectivity index (χ2v) is 10.7. The Labute approximate surface area is 237 Å². The highest BCUT2D eigenvalue weighted by Crippen LogP contribution is 2.38. The summed E-state index contributed by atoms with van der Waals surface area (Å²) in [6, 6.07) is 33.9. The first kappa shape index (κ1) is 26.7. The van der Waals surface area contributed by atoms with E-state index in [2.05, 4.69) is 177 Å². The average Bonchev–Trinajstić information content (AvgIpc) is 2.91. The van der Waals surface area contributed by atoms with Gasteiger partial charge in [-0.2, -0.15) is 0 Å². The molecule has 4 aromatic carbocycles. The Morgan fingerprint density at radius 3 is 1.46 bits per heavy atom. The quantitative estimate of drug-likeness (QED) is 0.182. The molecule has 0 saturated heterocycles. The molecule has 0 unspecified atom stereocenters. The van der Waals surface area contributed by atoms with E-state index in [0.29, 0.717) is 0 Å². The zero-order chi connectivity index (χ0) is 26.4. The van der Waals surface area contributed by atoms with Gasteiger partial charge in [0.2, 0.25) is 0 Å². The monoisotopic (exact) mass is 612 g/mol. The van der Waals surface area contributed by atoms with Crippen LogP contribution in [-0.2, 0) is 0 Å². The molecule has 0 amide bonds. The van der Waals surface area contributed by atoms with Crippen molar-refractivity contribution in [3.05, 3.63) is 148 Å². The predicted octanol–water partition coefficient (Wildman–Crippen LogP) is 11.2. The average molecular weight is 614 g/mol. The molecule has 4 aromatic rings. The maximum atomic E-state index is 4.39. The minimum atomic E-state index is 0.888. The number of allylic oxidation sites excluding steroid dienone is 4. The molecule has 0 fully saturated rings. The van der Waals surface area contributed by atoms with Gasteiger partial charge in [-0.25, -0.2) is 0 Å². The van der Waals surface area contributed by atoms with Gasteiger partial charge in [-0.3, -0.25) is 0 Å². The van der Waals surface area contributed by atoms with Crippen molar-refractivity contribution in [3.63, 3.8) is 0 Å². The molecule has 4 heteroatoms. The standard InChI is InChI=1S/C33H30Br2N2/c1-5-24(2)6-9-26(4)36(29-16-10-27(34)11-17-29)30-20-22-33(23-21-30)37(31-14-7-25(3)8-15-31)32-18-12-28(35)13-19-32/h5-23H,4H2,1-3H3/b9-6-,24-5-. The first-order chi connectivity index (χ1) is 17.9. The zero-order valence-electron chi connectivity index (χ0n) is 21.3. The topological polar surface area (TPSA) is 6.48 Å². The lowest BCUT2D eigenvalue weighted by Crippen LogP contribution is -2.15. The summed E-state index contributed by atoms with van der Waals surface area (Å²) in [5, 5.41) is 0. The van der Waals surface area contributed by atoms with E-state index in [1.165, 1.54) is 11.1 Å². The van der Waals surface area contributed by atoms with Crippen molar-refractivity contribution in [2.45, 2.75) is 20.8 Å². The van der Waals surface area contributed by atoms with Crippen molar-refractivity contribution in [2.24, 2.45) is 0 Å². The number of anilines is 5. The van der Waals surface area contributed by atoms with Gasteiger partial charge < -0.3 is 9.80 Å². The van der Waals surface area contributed by atoms with E-state index in [-0.39, 0.29) is 0 Å². The van der Waals surface area contributed by atoms with E-state index in [0.717, 1.165) is 43.1 Å². The van der Waals surface area contributed by atoms with Crippen LogP contribution in [0.5, 0.6) is 0 Å². The molecule has 0 aliphatic heterocycles. The summed E-state index contributed by atoms with van der Waals surface area (Å²) >= 11 is 7.12. The third-order valence-corrected chi connectivity index (χ3v) is 7.17. The third-order valence-electron chi connectivity index (χ3n) is 6.11. The number of rotatable bonds is 8. The van der Waals surface area contributed by atoms with Crippen molar-refractivity contribution in [3.8, 4) is 0 Å². The van der Waals surface area contributed by atoms with Crippen LogP contribution >= 0.6 is 31.9 Å². The number of benzene rings is 4. The molecule has 0 bridgehead atoms. The van der Waals surface area contributed by atoms with Crippen LogP contribution in [0.1, 0.15) is 19.4 Å². The lowest BCUT2D eigenvalue weighted by Gasteiger charge is -2.28. The Balaban J connectivity index is 1.75. The smallest absolute Gasteiger partial charge is 0.0463 e. The van der Waals surface area contributed by atoms with E-state index in [4.69, 9.17) is 0 Å². The van der Waals surface area contributed by atoms with E-state index in [9.17, 15) is 0 Å². The first-order valence-corrected chi connectivity index (χ1v) is 13.7. The zero-order valence-corrected chi connectivity index (χ0v) is 24.5. The lowest BCUT2D eigenvalue weighted by atomic mass is 10.1. The summed E-state index contributed by atoms with van der Waals surface area (Å²) in [5.41, 5.74) is 8.69. The lowest BCUT2D eigenvalue weighted by molar-refractivity contribution is 1.21. The maximum Gasteiger partial charge on any atom is 0.0463 e. The van der Waals surface area contributed by atoms with Gasteiger partial charge in [0, 0.05) is 43.1 Å². The van der Waals surface area contributed by atoms with Crippen LogP contribution in [0, 0.1) is 6.92 Å². The first-order valence-electron chi connectivity index (χ1n) is 12.1. The van der Waals surface area contributed by atoms with E-state index < -0.39 is 0 Å². The number of halogens is 2. The summed E-state index contributed by atoms with van der Waals surface area (Å²) in [5.74, 6) is 0. The van der Waals surface area contributed by atoms with Crippen LogP contribution in [0.25, 0.3) is 0 Å². The fourth-order valence-corrected chi connectivity index (χ4v) is 4.48. The molecule has 37 heavy (non-hydrogen) atoms. The van der Waals surface area contributed by atoms with E-state index in [1.54, 1.807) is 0 Å². The van der Waals surface area contributed by atoms with Crippen molar-refractivity contribution >= 4 is 60.3 Å². The van der Waals surface area contributed by atoms with Crippen molar-refractivity contribution in [1.29, 1.82) is 0 Å². The van der Waals surface area contributed by atoms with Crippen molar-refractivity contribution < 1.29 is 0 Å². The van der Waals surface area contributed by atoms with E-state index >= 15 is 0 Å². The van der Waals surface area contributed by atoms with Crippen LogP contribution in [0.15, 0.2) is 142 Å². The van der Waals surface area contributed by atoms with Gasteiger partial charge >= 0.3 is 0 Å². The minimum Gasteiger partial charge on any atom is -0.311 e. The van der Waals surface area contributed by atoms with Gasteiger partial charge in [-0.1, -0.05) is 73.9 Å². The molecule has 2 nitrogen and oxygen atoms in total. The SMILES string of the molecule is C=C(/C=C\C(C)=C/C)N(c1ccc(Br)cc1)c1ccc(N(c2ccc(C)cc2)c2ccc(Br)cc2)cc1. The number of hydrogen-bond acceptors (Lipinski definition) is 2. The largest absolute Gasteiger partial charge is 0.311 e. The second-order valence-electron chi connectivity index (χ2n) is 8.83. The molecule has 0 saturated carbocycles. The summed E-state index contributed by atoms with van der Waals surface area (Å²) in [4.78, 5) is 4.44. The minimum absolute atomic E-state index is 0.888. The van der Waals surface area contributed by atoms with Crippen LogP contribution in [0.3, 0.4) is 0 Å². The molecule has 4 rings (SSSR count). The Hall–Kier alpha value is -3.34.